The Morgan fingerprint density at radius 1 is 1.57 bits per heavy atom. The van der Waals surface area contributed by atoms with Gasteiger partial charge in [0.2, 0.25) is 0 Å². The second-order valence-electron chi connectivity index (χ2n) is 2.72. The Bertz CT molecular complexity index is 357. The highest BCUT2D eigenvalue weighted by Crippen LogP contribution is 2.13. The van der Waals surface area contributed by atoms with Crippen LogP contribution in [0, 0.1) is 12.7 Å². The zero-order chi connectivity index (χ0) is 10.7. The number of aryl methyl sites for hydroxylation is 1. The predicted octanol–water partition coefficient (Wildman–Crippen LogP) is 2.29. The van der Waals surface area contributed by atoms with Crippen LogP contribution in [0.1, 0.15) is 15.9 Å². The van der Waals surface area contributed by atoms with E-state index in [9.17, 15) is 9.18 Å². The molecule has 0 saturated heterocycles. The van der Waals surface area contributed by atoms with Gasteiger partial charge in [-0.25, -0.2) is 4.39 Å². The van der Waals surface area contributed by atoms with E-state index >= 15 is 0 Å². The van der Waals surface area contributed by atoms with E-state index in [2.05, 4.69) is 4.84 Å². The molecule has 0 heterocycles. The van der Waals surface area contributed by atoms with Gasteiger partial charge in [-0.15, -0.1) is 4.58 Å². The van der Waals surface area contributed by atoms with Gasteiger partial charge in [0, 0.05) is 11.8 Å². The first-order valence-corrected chi connectivity index (χ1v) is 4.20. The van der Waals surface area contributed by atoms with Crippen LogP contribution < -0.4 is 0 Å². The second kappa shape index (κ2) is 4.39. The molecule has 1 aromatic rings. The van der Waals surface area contributed by atoms with Gasteiger partial charge in [0.15, 0.2) is 0 Å². The summed E-state index contributed by atoms with van der Waals surface area (Å²) < 4.78 is 13.7. The van der Waals surface area contributed by atoms with Gasteiger partial charge in [-0.1, -0.05) is 6.07 Å². The zero-order valence-electron chi connectivity index (χ0n) is 7.75. The van der Waals surface area contributed by atoms with Crippen LogP contribution in [-0.2, 0) is 4.84 Å². The van der Waals surface area contributed by atoms with Gasteiger partial charge in [-0.05, 0) is 24.6 Å². The molecule has 0 spiro atoms. The van der Waals surface area contributed by atoms with Gasteiger partial charge >= 0.3 is 0 Å². The molecule has 1 aromatic carbocycles. The monoisotopic (exact) mass is 217 g/mol. The Morgan fingerprint density at radius 3 is 2.71 bits per heavy atom. The van der Waals surface area contributed by atoms with Crippen molar-refractivity contribution in [3.8, 4) is 0 Å². The molecule has 0 N–H and O–H groups in total. The summed E-state index contributed by atoms with van der Waals surface area (Å²) in [6, 6.07) is 4.24. The average molecular weight is 218 g/mol. The van der Waals surface area contributed by atoms with Gasteiger partial charge in [0.25, 0.3) is 5.91 Å². The highest BCUT2D eigenvalue weighted by Gasteiger charge is 2.17. The van der Waals surface area contributed by atoms with Crippen LogP contribution in [0.15, 0.2) is 18.2 Å². The van der Waals surface area contributed by atoms with Crippen molar-refractivity contribution in [1.82, 2.24) is 4.58 Å². The lowest BCUT2D eigenvalue weighted by atomic mass is 10.1. The van der Waals surface area contributed by atoms with Crippen molar-refractivity contribution in [2.45, 2.75) is 6.92 Å². The number of benzene rings is 1. The Labute approximate surface area is 86.1 Å². The van der Waals surface area contributed by atoms with E-state index in [1.54, 1.807) is 13.0 Å². The fraction of sp³-hybridized carbons (Fsp3) is 0.222. The fourth-order valence-corrected chi connectivity index (χ4v) is 1.06. The van der Waals surface area contributed by atoms with E-state index in [1.165, 1.54) is 19.2 Å². The molecular formula is C9H9ClFNO2. The number of rotatable bonds is 2. The summed E-state index contributed by atoms with van der Waals surface area (Å²) in [5.74, 6) is -1.34. The van der Waals surface area contributed by atoms with Crippen LogP contribution in [0.3, 0.4) is 0 Å². The number of halogens is 2. The molecule has 0 radical (unpaired) electrons. The van der Waals surface area contributed by atoms with Gasteiger partial charge in [-0.2, -0.15) is 0 Å². The normalized spacial score (nSPS) is 10.0. The first kappa shape index (κ1) is 10.9. The molecule has 76 valence electrons. The number of amides is 1. The van der Waals surface area contributed by atoms with Crippen LogP contribution >= 0.6 is 11.8 Å². The van der Waals surface area contributed by atoms with Crippen molar-refractivity contribution in [3.63, 3.8) is 0 Å². The van der Waals surface area contributed by atoms with Gasteiger partial charge in [0.1, 0.15) is 5.82 Å². The van der Waals surface area contributed by atoms with Crippen molar-refractivity contribution >= 4 is 17.7 Å². The molecule has 5 heteroatoms. The predicted molar refractivity (Wildman–Crippen MR) is 50.2 cm³/mol. The number of hydrogen-bond acceptors (Lipinski definition) is 2. The molecule has 0 aliphatic heterocycles. The fourth-order valence-electron chi connectivity index (χ4n) is 0.971. The van der Waals surface area contributed by atoms with Crippen LogP contribution in [0.25, 0.3) is 0 Å². The quantitative estimate of drug-likeness (QED) is 0.562. The molecule has 0 aliphatic rings. The van der Waals surface area contributed by atoms with Crippen molar-refractivity contribution < 1.29 is 14.0 Å². The summed E-state index contributed by atoms with van der Waals surface area (Å²) >= 11 is 5.36. The second-order valence-corrected chi connectivity index (χ2v) is 3.02. The topological polar surface area (TPSA) is 29.5 Å². The van der Waals surface area contributed by atoms with E-state index in [0.29, 0.717) is 4.58 Å². The molecule has 0 unspecified atom stereocenters. The third-order valence-electron chi connectivity index (χ3n) is 1.67. The van der Waals surface area contributed by atoms with E-state index < -0.39 is 11.7 Å². The first-order chi connectivity index (χ1) is 6.56. The lowest BCUT2D eigenvalue weighted by Gasteiger charge is -2.10. The van der Waals surface area contributed by atoms with Crippen LogP contribution in [0.5, 0.6) is 0 Å². The largest absolute Gasteiger partial charge is 0.295 e. The van der Waals surface area contributed by atoms with Crippen LogP contribution in [0.2, 0.25) is 0 Å². The third-order valence-corrected chi connectivity index (χ3v) is 1.97. The van der Waals surface area contributed by atoms with E-state index in [0.717, 1.165) is 5.56 Å². The maximum atomic E-state index is 13.2. The van der Waals surface area contributed by atoms with E-state index in [4.69, 9.17) is 11.8 Å². The zero-order valence-corrected chi connectivity index (χ0v) is 8.51. The minimum atomic E-state index is -0.730. The van der Waals surface area contributed by atoms with E-state index in [-0.39, 0.29) is 5.56 Å². The third kappa shape index (κ3) is 2.21. The number of hydrogen-bond donors (Lipinski definition) is 0. The first-order valence-electron chi connectivity index (χ1n) is 3.86. The maximum absolute atomic E-state index is 13.2. The SMILES string of the molecule is CON(Cl)C(=O)c1ccc(C)cc1F. The van der Waals surface area contributed by atoms with Crippen LogP contribution in [-0.4, -0.2) is 17.6 Å². The minimum absolute atomic E-state index is 0.118. The highest BCUT2D eigenvalue weighted by molar-refractivity contribution is 6.23. The molecule has 0 bridgehead atoms. The summed E-state index contributed by atoms with van der Waals surface area (Å²) in [4.78, 5) is 15.8. The Kier molecular flexibility index (Phi) is 3.43. The van der Waals surface area contributed by atoms with Gasteiger partial charge < -0.3 is 0 Å². The molecule has 0 aromatic heterocycles. The van der Waals surface area contributed by atoms with Gasteiger partial charge in [0.05, 0.1) is 12.7 Å². The smallest absolute Gasteiger partial charge is 0.265 e. The summed E-state index contributed by atoms with van der Waals surface area (Å²) in [5.41, 5.74) is 0.616. The maximum Gasteiger partial charge on any atom is 0.295 e. The Balaban J connectivity index is 3.02. The van der Waals surface area contributed by atoms with Crippen molar-refractivity contribution in [3.05, 3.63) is 35.1 Å². The molecule has 0 aliphatic carbocycles. The summed E-state index contributed by atoms with van der Waals surface area (Å²) in [6.07, 6.45) is 0. The summed E-state index contributed by atoms with van der Waals surface area (Å²) in [6.45, 7) is 1.73. The number of hydroxylamine groups is 1. The standard InChI is InChI=1S/C9H9ClFNO2/c1-6-3-4-7(8(11)5-6)9(13)12(10)14-2/h3-5H,1-2H3. The molecule has 0 atom stereocenters. The number of carbonyl (C=O) groups is 1. The van der Waals surface area contributed by atoms with Crippen LogP contribution in [0.4, 0.5) is 4.39 Å². The van der Waals surface area contributed by atoms with E-state index in [1.807, 2.05) is 0 Å². The summed E-state index contributed by atoms with van der Waals surface area (Å²) in [7, 11) is 1.22. The van der Waals surface area contributed by atoms with Crippen molar-refractivity contribution in [1.29, 1.82) is 0 Å². The highest BCUT2D eigenvalue weighted by atomic mass is 35.5. The molecule has 1 amide bonds. The molecular weight excluding hydrogens is 209 g/mol. The lowest BCUT2D eigenvalue weighted by molar-refractivity contribution is -0.0277. The molecule has 1 rings (SSSR count). The van der Waals surface area contributed by atoms with Crippen molar-refractivity contribution in [2.24, 2.45) is 0 Å². The molecule has 3 nitrogen and oxygen atoms in total. The minimum Gasteiger partial charge on any atom is -0.265 e. The molecule has 0 saturated carbocycles. The number of carbonyl (C=O) groups excluding carboxylic acids is 1. The average Bonchev–Trinajstić information content (AvgIpc) is 2.15. The molecule has 0 fully saturated rings. The summed E-state index contributed by atoms with van der Waals surface area (Å²) in [5, 5.41) is 0. The van der Waals surface area contributed by atoms with Gasteiger partial charge in [-0.3, -0.25) is 9.63 Å². The Morgan fingerprint density at radius 2 is 2.21 bits per heavy atom. The lowest BCUT2D eigenvalue weighted by Crippen LogP contribution is -2.21. The molecule has 14 heavy (non-hydrogen) atoms. The Hall–Kier alpha value is -1.13. The number of nitrogens with zero attached hydrogens (tertiary/aromatic N) is 1. The van der Waals surface area contributed by atoms with Crippen molar-refractivity contribution in [2.75, 3.05) is 7.11 Å².